The van der Waals surface area contributed by atoms with Gasteiger partial charge in [0.1, 0.15) is 5.75 Å². The van der Waals surface area contributed by atoms with Crippen LogP contribution < -0.4 is 4.74 Å². The topological polar surface area (TPSA) is 82.4 Å². The van der Waals surface area contributed by atoms with Crippen LogP contribution in [0.15, 0.2) is 40.2 Å². The molecular weight excluding hydrogens is 436 g/mol. The van der Waals surface area contributed by atoms with E-state index in [9.17, 15) is 15.0 Å². The van der Waals surface area contributed by atoms with E-state index < -0.39 is 0 Å². The van der Waals surface area contributed by atoms with Gasteiger partial charge in [0.15, 0.2) is 16.7 Å². The van der Waals surface area contributed by atoms with E-state index in [4.69, 9.17) is 4.74 Å². The monoisotopic (exact) mass is 466 g/mol. The van der Waals surface area contributed by atoms with E-state index in [2.05, 4.69) is 11.9 Å². The fraction of sp³-hybridized carbons (Fsp3) is 0.385. The first kappa shape index (κ1) is 23.2. The van der Waals surface area contributed by atoms with E-state index in [1.807, 2.05) is 32.3 Å². The van der Waals surface area contributed by atoms with Gasteiger partial charge in [-0.1, -0.05) is 32.3 Å². The van der Waals surface area contributed by atoms with Gasteiger partial charge < -0.3 is 19.8 Å². The fourth-order valence-corrected chi connectivity index (χ4v) is 5.42. The second kappa shape index (κ2) is 9.14. The molecule has 0 bridgehead atoms. The third kappa shape index (κ3) is 4.60. The molecular formula is C26H30N2O4S. The van der Waals surface area contributed by atoms with E-state index in [-0.39, 0.29) is 17.1 Å². The molecule has 0 saturated heterocycles. The average molecular weight is 467 g/mol. The van der Waals surface area contributed by atoms with Crippen molar-refractivity contribution in [3.05, 3.63) is 46.4 Å². The number of benzene rings is 2. The maximum absolute atomic E-state index is 12.4. The molecule has 174 valence electrons. The molecule has 7 heteroatoms. The first-order chi connectivity index (χ1) is 15.7. The maximum atomic E-state index is 12.4. The molecule has 0 radical (unpaired) electrons. The number of carbonyl (C=O) groups excluding carboxylic acids is 1. The molecule has 0 spiro atoms. The van der Waals surface area contributed by atoms with E-state index in [0.717, 1.165) is 42.4 Å². The summed E-state index contributed by atoms with van der Waals surface area (Å²) in [4.78, 5) is 18.6. The lowest BCUT2D eigenvalue weighted by Gasteiger charge is -2.35. The number of rotatable bonds is 4. The number of ether oxygens (including phenoxy) is 1. The van der Waals surface area contributed by atoms with E-state index in [0.29, 0.717) is 27.1 Å². The molecule has 2 aromatic rings. The number of aliphatic imine (C=N–C) groups is 1. The second-order valence-corrected chi connectivity index (χ2v) is 10.2. The van der Waals surface area contributed by atoms with Gasteiger partial charge >= 0.3 is 0 Å². The molecule has 2 aromatic carbocycles. The standard InChI is InChI=1S/C26H30N2O4S/c1-26(10-6-5-7-11-26)19-13-16(8-9-20(19)29)17-12-18(23(30)21(14-17)32-4)15-22-24(31)27-25(33-22)28(2)3/h8-9,12-15,29-30H,5-7,10-11H2,1-4H3. The number of carbonyl (C=O) groups is 1. The predicted molar refractivity (Wildman–Crippen MR) is 134 cm³/mol. The minimum atomic E-state index is -0.329. The zero-order chi connectivity index (χ0) is 23.8. The number of nitrogens with zero attached hydrogens (tertiary/aromatic N) is 2. The van der Waals surface area contributed by atoms with Crippen LogP contribution in [0.5, 0.6) is 17.2 Å². The average Bonchev–Trinajstić information content (AvgIpc) is 3.16. The third-order valence-corrected chi connectivity index (χ3v) is 7.69. The van der Waals surface area contributed by atoms with Crippen LogP contribution in [0.2, 0.25) is 0 Å². The van der Waals surface area contributed by atoms with Crippen LogP contribution in [0.3, 0.4) is 0 Å². The molecule has 1 aliphatic heterocycles. The Bertz CT molecular complexity index is 1150. The SMILES string of the molecule is COc1cc(-c2ccc(O)c(C3(C)CCCCC3)c2)cc(C=C2SC(N(C)C)=NC2=O)c1O. The van der Waals surface area contributed by atoms with Crippen LogP contribution >= 0.6 is 11.8 Å². The lowest BCUT2D eigenvalue weighted by molar-refractivity contribution is -0.113. The number of amides is 1. The highest BCUT2D eigenvalue weighted by atomic mass is 32.2. The molecule has 1 heterocycles. The molecule has 2 N–H and O–H groups in total. The summed E-state index contributed by atoms with van der Waals surface area (Å²) in [6.45, 7) is 2.23. The summed E-state index contributed by atoms with van der Waals surface area (Å²) < 4.78 is 5.43. The number of phenolic OH excluding ortho intramolecular Hbond substituents is 2. The zero-order valence-corrected chi connectivity index (χ0v) is 20.3. The minimum absolute atomic E-state index is 0.0290. The van der Waals surface area contributed by atoms with Gasteiger partial charge in [-0.05, 0) is 71.5 Å². The van der Waals surface area contributed by atoms with Crippen LogP contribution in [0.1, 0.15) is 50.2 Å². The van der Waals surface area contributed by atoms with Crippen molar-refractivity contribution in [2.24, 2.45) is 4.99 Å². The Kier molecular flexibility index (Phi) is 6.43. The highest BCUT2D eigenvalue weighted by molar-refractivity contribution is 8.18. The van der Waals surface area contributed by atoms with Crippen LogP contribution in [-0.4, -0.2) is 47.4 Å². The molecule has 1 fully saturated rings. The second-order valence-electron chi connectivity index (χ2n) is 9.17. The molecule has 0 aromatic heterocycles. The third-order valence-electron chi connectivity index (χ3n) is 6.54. The summed E-state index contributed by atoms with van der Waals surface area (Å²) in [6, 6.07) is 9.28. The Hall–Kier alpha value is -2.93. The lowest BCUT2D eigenvalue weighted by atomic mass is 9.70. The van der Waals surface area contributed by atoms with E-state index >= 15 is 0 Å². The van der Waals surface area contributed by atoms with Gasteiger partial charge in [0.05, 0.1) is 12.0 Å². The number of thioether (sulfide) groups is 1. The molecule has 2 aliphatic rings. The number of amidine groups is 1. The van der Waals surface area contributed by atoms with Crippen molar-refractivity contribution in [3.8, 4) is 28.4 Å². The molecule has 6 nitrogen and oxygen atoms in total. The number of hydrogen-bond acceptors (Lipinski definition) is 6. The van der Waals surface area contributed by atoms with Gasteiger partial charge in [0.25, 0.3) is 5.91 Å². The Morgan fingerprint density at radius 2 is 1.82 bits per heavy atom. The summed E-state index contributed by atoms with van der Waals surface area (Å²) in [5, 5.41) is 22.0. The van der Waals surface area contributed by atoms with Crippen molar-refractivity contribution < 1.29 is 19.7 Å². The maximum Gasteiger partial charge on any atom is 0.286 e. The summed E-state index contributed by atoms with van der Waals surface area (Å²) in [5.41, 5.74) is 3.13. The molecule has 33 heavy (non-hydrogen) atoms. The number of hydrogen-bond donors (Lipinski definition) is 2. The van der Waals surface area contributed by atoms with Gasteiger partial charge in [-0.15, -0.1) is 0 Å². The van der Waals surface area contributed by atoms with E-state index in [1.165, 1.54) is 25.3 Å². The van der Waals surface area contributed by atoms with Crippen LogP contribution in [0.4, 0.5) is 0 Å². The fourth-order valence-electron chi connectivity index (χ4n) is 4.59. The Labute approximate surface area is 199 Å². The normalized spacial score (nSPS) is 19.0. The summed E-state index contributed by atoms with van der Waals surface area (Å²) in [5.74, 6) is 0.280. The van der Waals surface area contributed by atoms with Crippen molar-refractivity contribution in [1.82, 2.24) is 4.90 Å². The lowest BCUT2D eigenvalue weighted by Crippen LogP contribution is -2.25. The Morgan fingerprint density at radius 1 is 1.09 bits per heavy atom. The Balaban J connectivity index is 1.76. The minimum Gasteiger partial charge on any atom is -0.508 e. The summed E-state index contributed by atoms with van der Waals surface area (Å²) in [6.07, 6.45) is 7.31. The van der Waals surface area contributed by atoms with Crippen molar-refractivity contribution in [3.63, 3.8) is 0 Å². The molecule has 0 unspecified atom stereocenters. The highest BCUT2D eigenvalue weighted by Crippen LogP contribution is 2.45. The molecule has 0 atom stereocenters. The number of methoxy groups -OCH3 is 1. The first-order valence-corrected chi connectivity index (χ1v) is 12.0. The largest absolute Gasteiger partial charge is 0.508 e. The highest BCUT2D eigenvalue weighted by Gasteiger charge is 2.31. The van der Waals surface area contributed by atoms with Crippen LogP contribution in [0.25, 0.3) is 17.2 Å². The molecule has 1 aliphatic carbocycles. The first-order valence-electron chi connectivity index (χ1n) is 11.2. The molecule has 1 saturated carbocycles. The van der Waals surface area contributed by atoms with Crippen LogP contribution in [-0.2, 0) is 10.2 Å². The smallest absolute Gasteiger partial charge is 0.286 e. The van der Waals surface area contributed by atoms with Crippen LogP contribution in [0, 0.1) is 0 Å². The summed E-state index contributed by atoms with van der Waals surface area (Å²) in [7, 11) is 5.17. The zero-order valence-electron chi connectivity index (χ0n) is 19.5. The van der Waals surface area contributed by atoms with Gasteiger partial charge in [-0.25, -0.2) is 0 Å². The number of phenols is 2. The van der Waals surface area contributed by atoms with Gasteiger partial charge in [-0.2, -0.15) is 4.99 Å². The quantitative estimate of drug-likeness (QED) is 0.577. The van der Waals surface area contributed by atoms with Crippen molar-refractivity contribution >= 4 is 28.9 Å². The van der Waals surface area contributed by atoms with Gasteiger partial charge in [0, 0.05) is 25.2 Å². The Morgan fingerprint density at radius 3 is 2.45 bits per heavy atom. The number of aromatic hydroxyl groups is 2. The van der Waals surface area contributed by atoms with Gasteiger partial charge in [-0.3, -0.25) is 4.79 Å². The summed E-state index contributed by atoms with van der Waals surface area (Å²) >= 11 is 1.27. The molecule has 1 amide bonds. The van der Waals surface area contributed by atoms with Crippen molar-refractivity contribution in [2.75, 3.05) is 21.2 Å². The van der Waals surface area contributed by atoms with Crippen molar-refractivity contribution in [1.29, 1.82) is 0 Å². The predicted octanol–water partition coefficient (Wildman–Crippen LogP) is 5.53. The van der Waals surface area contributed by atoms with Gasteiger partial charge in [0.2, 0.25) is 0 Å². The molecule has 4 rings (SSSR count). The van der Waals surface area contributed by atoms with E-state index in [1.54, 1.807) is 23.1 Å². The van der Waals surface area contributed by atoms with Crippen molar-refractivity contribution in [2.45, 2.75) is 44.4 Å².